The summed E-state index contributed by atoms with van der Waals surface area (Å²) in [5.41, 5.74) is 0.111. The van der Waals surface area contributed by atoms with E-state index in [1.54, 1.807) is 0 Å². The van der Waals surface area contributed by atoms with Crippen LogP contribution in [0.3, 0.4) is 0 Å². The normalized spacial score (nSPS) is 33.4. The average molecular weight is 158 g/mol. The first kappa shape index (κ1) is 8.68. The van der Waals surface area contributed by atoms with Crippen molar-refractivity contribution < 1.29 is 14.6 Å². The summed E-state index contributed by atoms with van der Waals surface area (Å²) in [5, 5.41) is 0. The van der Waals surface area contributed by atoms with E-state index in [0.717, 1.165) is 6.29 Å². The molecule has 0 N–H and O–H groups in total. The van der Waals surface area contributed by atoms with Crippen molar-refractivity contribution in [3.63, 3.8) is 0 Å². The first-order chi connectivity index (χ1) is 5.14. The van der Waals surface area contributed by atoms with Gasteiger partial charge in [-0.15, -0.1) is 0 Å². The van der Waals surface area contributed by atoms with Gasteiger partial charge in [0.1, 0.15) is 6.29 Å². The molecule has 0 saturated heterocycles. The van der Waals surface area contributed by atoms with E-state index in [4.69, 9.17) is 4.89 Å². The summed E-state index contributed by atoms with van der Waals surface area (Å²) >= 11 is 0. The Bertz CT molecular complexity index is 153. The van der Waals surface area contributed by atoms with Crippen molar-refractivity contribution in [3.05, 3.63) is 0 Å². The monoisotopic (exact) mass is 158 g/mol. The van der Waals surface area contributed by atoms with Crippen molar-refractivity contribution in [2.24, 2.45) is 17.3 Å². The summed E-state index contributed by atoms with van der Waals surface area (Å²) in [5.74, 6) is 0.484. The van der Waals surface area contributed by atoms with Crippen LogP contribution < -0.4 is 0 Å². The van der Waals surface area contributed by atoms with Gasteiger partial charge in [-0.25, -0.2) is 9.78 Å². The Hall–Kier alpha value is -0.410. The van der Waals surface area contributed by atoms with E-state index < -0.39 is 0 Å². The molecule has 1 aliphatic rings. The maximum absolute atomic E-state index is 10.5. The van der Waals surface area contributed by atoms with Gasteiger partial charge in [0.25, 0.3) is 0 Å². The zero-order valence-corrected chi connectivity index (χ0v) is 7.16. The highest BCUT2D eigenvalue weighted by Gasteiger charge is 2.57. The van der Waals surface area contributed by atoms with Crippen molar-refractivity contribution in [2.75, 3.05) is 13.7 Å². The molecule has 0 spiro atoms. The molecule has 0 amide bonds. The third-order valence-electron chi connectivity index (χ3n) is 2.65. The molecule has 1 saturated carbocycles. The van der Waals surface area contributed by atoms with Crippen LogP contribution in [-0.4, -0.2) is 20.0 Å². The molecule has 3 heteroatoms. The molecule has 2 atom stereocenters. The van der Waals surface area contributed by atoms with Gasteiger partial charge in [0.2, 0.25) is 0 Å². The van der Waals surface area contributed by atoms with Crippen LogP contribution in [0.2, 0.25) is 0 Å². The van der Waals surface area contributed by atoms with E-state index >= 15 is 0 Å². The summed E-state index contributed by atoms with van der Waals surface area (Å²) in [7, 11) is 1.48. The minimum atomic E-state index is 0.111. The predicted molar refractivity (Wildman–Crippen MR) is 39.8 cm³/mol. The molecule has 64 valence electrons. The summed E-state index contributed by atoms with van der Waals surface area (Å²) in [6, 6.07) is 0. The van der Waals surface area contributed by atoms with Crippen LogP contribution in [0.4, 0.5) is 0 Å². The van der Waals surface area contributed by atoms with Gasteiger partial charge in [-0.05, 0) is 5.41 Å². The summed E-state index contributed by atoms with van der Waals surface area (Å²) in [4.78, 5) is 19.7. The van der Waals surface area contributed by atoms with E-state index in [2.05, 4.69) is 18.7 Å². The van der Waals surface area contributed by atoms with Crippen LogP contribution in [0.15, 0.2) is 0 Å². The molecule has 0 heterocycles. The molecule has 0 aromatic rings. The van der Waals surface area contributed by atoms with Crippen molar-refractivity contribution in [1.82, 2.24) is 0 Å². The second kappa shape index (κ2) is 2.91. The molecule has 3 nitrogen and oxygen atoms in total. The fourth-order valence-corrected chi connectivity index (χ4v) is 1.52. The van der Waals surface area contributed by atoms with Crippen LogP contribution in [0.5, 0.6) is 0 Å². The molecule has 1 aliphatic carbocycles. The molecule has 1 fully saturated rings. The highest BCUT2D eigenvalue weighted by atomic mass is 17.2. The standard InChI is InChI=1S/C8H14O3/c1-8(2)6(4-9)7(8)5-11-10-3/h4,6-7H,5H2,1-3H3. The first-order valence-electron chi connectivity index (χ1n) is 3.75. The summed E-state index contributed by atoms with van der Waals surface area (Å²) < 4.78 is 0. The number of rotatable bonds is 4. The third-order valence-corrected chi connectivity index (χ3v) is 2.65. The second-order valence-corrected chi connectivity index (χ2v) is 3.54. The van der Waals surface area contributed by atoms with Crippen molar-refractivity contribution in [1.29, 1.82) is 0 Å². The van der Waals surface area contributed by atoms with E-state index in [1.807, 2.05) is 0 Å². The third kappa shape index (κ3) is 1.44. The quantitative estimate of drug-likeness (QED) is 0.348. The number of hydrogen-bond acceptors (Lipinski definition) is 3. The van der Waals surface area contributed by atoms with E-state index in [-0.39, 0.29) is 11.3 Å². The van der Waals surface area contributed by atoms with Crippen LogP contribution in [0, 0.1) is 17.3 Å². The molecule has 0 aromatic carbocycles. The lowest BCUT2D eigenvalue weighted by atomic mass is 10.1. The first-order valence-corrected chi connectivity index (χ1v) is 3.75. The average Bonchev–Trinajstić information content (AvgIpc) is 2.48. The highest BCUT2D eigenvalue weighted by Crippen LogP contribution is 2.56. The maximum atomic E-state index is 10.5. The number of carbonyl (C=O) groups excluding carboxylic acids is 1. The Balaban J connectivity index is 2.33. The Kier molecular flexibility index (Phi) is 2.30. The highest BCUT2D eigenvalue weighted by molar-refractivity contribution is 5.61. The fourth-order valence-electron chi connectivity index (χ4n) is 1.52. The number of aldehydes is 1. The SMILES string of the molecule is COOCC1C(C=O)C1(C)C. The minimum absolute atomic E-state index is 0.111. The van der Waals surface area contributed by atoms with Crippen LogP contribution in [0.1, 0.15) is 13.8 Å². The predicted octanol–water partition coefficient (Wildman–Crippen LogP) is 1.04. The molecule has 0 radical (unpaired) electrons. The van der Waals surface area contributed by atoms with E-state index in [0.29, 0.717) is 12.5 Å². The van der Waals surface area contributed by atoms with Gasteiger partial charge in [0.15, 0.2) is 0 Å². The summed E-state index contributed by atoms with van der Waals surface area (Å²) in [6.07, 6.45) is 1.00. The van der Waals surface area contributed by atoms with Crippen molar-refractivity contribution in [2.45, 2.75) is 13.8 Å². The van der Waals surface area contributed by atoms with Crippen molar-refractivity contribution >= 4 is 6.29 Å². The Labute approximate surface area is 66.6 Å². The second-order valence-electron chi connectivity index (χ2n) is 3.54. The molecule has 0 aliphatic heterocycles. The van der Waals surface area contributed by atoms with E-state index in [1.165, 1.54) is 7.11 Å². The molecule has 0 aromatic heterocycles. The smallest absolute Gasteiger partial charge is 0.124 e. The molecular formula is C8H14O3. The van der Waals surface area contributed by atoms with Gasteiger partial charge >= 0.3 is 0 Å². The van der Waals surface area contributed by atoms with Crippen LogP contribution in [-0.2, 0) is 14.6 Å². The zero-order valence-electron chi connectivity index (χ0n) is 7.16. The molecule has 0 bridgehead atoms. The minimum Gasteiger partial charge on any atom is -0.303 e. The number of hydrogen-bond donors (Lipinski definition) is 0. The van der Waals surface area contributed by atoms with Crippen LogP contribution in [0.25, 0.3) is 0 Å². The van der Waals surface area contributed by atoms with Crippen LogP contribution >= 0.6 is 0 Å². The van der Waals surface area contributed by atoms with Gasteiger partial charge in [-0.3, -0.25) is 0 Å². The maximum Gasteiger partial charge on any atom is 0.124 e. The Morgan fingerprint density at radius 3 is 2.55 bits per heavy atom. The Morgan fingerprint density at radius 2 is 2.18 bits per heavy atom. The van der Waals surface area contributed by atoms with Gasteiger partial charge < -0.3 is 4.79 Å². The lowest BCUT2D eigenvalue weighted by molar-refractivity contribution is -0.276. The zero-order chi connectivity index (χ0) is 8.48. The van der Waals surface area contributed by atoms with E-state index in [9.17, 15) is 4.79 Å². The Morgan fingerprint density at radius 1 is 1.55 bits per heavy atom. The van der Waals surface area contributed by atoms with Crippen molar-refractivity contribution in [3.8, 4) is 0 Å². The molecule has 11 heavy (non-hydrogen) atoms. The topological polar surface area (TPSA) is 35.5 Å². The molecular weight excluding hydrogens is 144 g/mol. The number of carbonyl (C=O) groups is 1. The fraction of sp³-hybridized carbons (Fsp3) is 0.875. The molecule has 2 unspecified atom stereocenters. The largest absolute Gasteiger partial charge is 0.303 e. The lowest BCUT2D eigenvalue weighted by Gasteiger charge is -2.00. The van der Waals surface area contributed by atoms with Gasteiger partial charge in [-0.2, -0.15) is 0 Å². The van der Waals surface area contributed by atoms with Gasteiger partial charge in [-0.1, -0.05) is 13.8 Å². The summed E-state index contributed by atoms with van der Waals surface area (Å²) in [6.45, 7) is 4.65. The molecule has 1 rings (SSSR count). The van der Waals surface area contributed by atoms with Gasteiger partial charge in [0, 0.05) is 11.8 Å². The van der Waals surface area contributed by atoms with Gasteiger partial charge in [0.05, 0.1) is 13.7 Å². The lowest BCUT2D eigenvalue weighted by Crippen LogP contribution is -1.99.